The first-order valence-electron chi connectivity index (χ1n) is 9.20. The number of carbonyl (C=O) groups is 1. The summed E-state index contributed by atoms with van der Waals surface area (Å²) in [5.41, 5.74) is 2.11. The summed E-state index contributed by atoms with van der Waals surface area (Å²) in [5, 5.41) is 6.88. The molecule has 142 valence electrons. The number of anilines is 1. The molecule has 0 saturated carbocycles. The van der Waals surface area contributed by atoms with Crippen molar-refractivity contribution >= 4 is 32.6 Å². The van der Waals surface area contributed by atoms with Gasteiger partial charge >= 0.3 is 0 Å². The zero-order chi connectivity index (χ0) is 19.1. The number of aromatic nitrogens is 1. The van der Waals surface area contributed by atoms with Crippen LogP contribution in [0.2, 0.25) is 0 Å². The fourth-order valence-corrected chi connectivity index (χ4v) is 3.65. The van der Waals surface area contributed by atoms with E-state index in [0.29, 0.717) is 13.2 Å². The van der Waals surface area contributed by atoms with Crippen molar-refractivity contribution in [3.05, 3.63) is 60.2 Å². The molecule has 0 aliphatic heterocycles. The van der Waals surface area contributed by atoms with E-state index in [4.69, 9.17) is 4.74 Å². The van der Waals surface area contributed by atoms with Gasteiger partial charge < -0.3 is 15.4 Å². The topological polar surface area (TPSA) is 63.2 Å². The first kappa shape index (κ1) is 19.3. The van der Waals surface area contributed by atoms with E-state index in [1.807, 2.05) is 56.3 Å². The van der Waals surface area contributed by atoms with Crippen molar-refractivity contribution in [2.24, 2.45) is 0 Å². The van der Waals surface area contributed by atoms with Gasteiger partial charge in [-0.2, -0.15) is 0 Å². The maximum absolute atomic E-state index is 12.2. The third kappa shape index (κ3) is 5.52. The van der Waals surface area contributed by atoms with Gasteiger partial charge in [-0.05, 0) is 38.0 Å². The van der Waals surface area contributed by atoms with E-state index in [-0.39, 0.29) is 18.1 Å². The van der Waals surface area contributed by atoms with Gasteiger partial charge in [-0.15, -0.1) is 0 Å². The standard InChI is InChI=1S/C21H25N3O2S/c1-15(23-21-24-18-11-6-7-12-19(18)27-21)20(25)22-13-8-14-26-16(2)17-9-4-3-5-10-17/h3-7,9-12,15-16H,8,13-14H2,1-2H3,(H,22,25)(H,23,24). The van der Waals surface area contributed by atoms with Crippen molar-refractivity contribution in [2.75, 3.05) is 18.5 Å². The van der Waals surface area contributed by atoms with Crippen LogP contribution in [0.15, 0.2) is 54.6 Å². The van der Waals surface area contributed by atoms with Gasteiger partial charge in [0.2, 0.25) is 5.91 Å². The van der Waals surface area contributed by atoms with Crippen LogP contribution < -0.4 is 10.6 Å². The Bertz CT molecular complexity index is 833. The molecule has 0 aliphatic carbocycles. The molecule has 0 fully saturated rings. The molecule has 0 bridgehead atoms. The number of thiazole rings is 1. The lowest BCUT2D eigenvalue weighted by Gasteiger charge is -2.15. The number of benzene rings is 2. The van der Waals surface area contributed by atoms with Crippen molar-refractivity contribution in [1.29, 1.82) is 0 Å². The van der Waals surface area contributed by atoms with Gasteiger partial charge in [0.05, 0.1) is 16.3 Å². The van der Waals surface area contributed by atoms with Crippen molar-refractivity contribution in [3.8, 4) is 0 Å². The highest BCUT2D eigenvalue weighted by atomic mass is 32.1. The Labute approximate surface area is 163 Å². The van der Waals surface area contributed by atoms with E-state index in [1.54, 1.807) is 11.3 Å². The quantitative estimate of drug-likeness (QED) is 0.538. The van der Waals surface area contributed by atoms with Crippen molar-refractivity contribution in [1.82, 2.24) is 10.3 Å². The predicted octanol–water partition coefficient (Wildman–Crippen LogP) is 4.38. The number of amides is 1. The number of nitrogens with one attached hydrogen (secondary N) is 2. The van der Waals surface area contributed by atoms with Gasteiger partial charge in [0, 0.05) is 13.2 Å². The summed E-state index contributed by atoms with van der Waals surface area (Å²) in [5.74, 6) is -0.0367. The smallest absolute Gasteiger partial charge is 0.242 e. The van der Waals surface area contributed by atoms with Crippen LogP contribution in [0.3, 0.4) is 0 Å². The van der Waals surface area contributed by atoms with E-state index >= 15 is 0 Å². The summed E-state index contributed by atoms with van der Waals surface area (Å²) in [7, 11) is 0. The average Bonchev–Trinajstić information content (AvgIpc) is 3.10. The highest BCUT2D eigenvalue weighted by Gasteiger charge is 2.14. The second kappa shape index (κ2) is 9.48. The number of hydrogen-bond donors (Lipinski definition) is 2. The fourth-order valence-electron chi connectivity index (χ4n) is 2.70. The van der Waals surface area contributed by atoms with Crippen LogP contribution in [-0.2, 0) is 9.53 Å². The van der Waals surface area contributed by atoms with Crippen LogP contribution in [0.5, 0.6) is 0 Å². The molecular formula is C21H25N3O2S. The Morgan fingerprint density at radius 3 is 2.63 bits per heavy atom. The highest BCUT2D eigenvalue weighted by Crippen LogP contribution is 2.25. The Morgan fingerprint density at radius 1 is 1.11 bits per heavy atom. The van der Waals surface area contributed by atoms with Crippen LogP contribution >= 0.6 is 11.3 Å². The second-order valence-corrected chi connectivity index (χ2v) is 7.45. The Hall–Kier alpha value is -2.44. The Morgan fingerprint density at radius 2 is 1.85 bits per heavy atom. The minimum absolute atomic E-state index is 0.0367. The molecule has 2 unspecified atom stereocenters. The zero-order valence-corrected chi connectivity index (χ0v) is 16.5. The van der Waals surface area contributed by atoms with Crippen LogP contribution in [0.1, 0.15) is 31.9 Å². The molecule has 0 radical (unpaired) electrons. The van der Waals surface area contributed by atoms with Crippen molar-refractivity contribution in [3.63, 3.8) is 0 Å². The second-order valence-electron chi connectivity index (χ2n) is 6.42. The van der Waals surface area contributed by atoms with Crippen LogP contribution in [-0.4, -0.2) is 30.1 Å². The predicted molar refractivity (Wildman–Crippen MR) is 111 cm³/mol. The van der Waals surface area contributed by atoms with E-state index in [9.17, 15) is 4.79 Å². The highest BCUT2D eigenvalue weighted by molar-refractivity contribution is 7.22. The summed E-state index contributed by atoms with van der Waals surface area (Å²) in [4.78, 5) is 16.7. The van der Waals surface area contributed by atoms with Crippen LogP contribution in [0, 0.1) is 0 Å². The molecule has 1 heterocycles. The number of ether oxygens (including phenoxy) is 1. The van der Waals surface area contributed by atoms with Crippen molar-refractivity contribution in [2.45, 2.75) is 32.4 Å². The summed E-state index contributed by atoms with van der Waals surface area (Å²) in [6.07, 6.45) is 0.832. The molecule has 5 nitrogen and oxygen atoms in total. The minimum atomic E-state index is -0.338. The number of para-hydroxylation sites is 1. The monoisotopic (exact) mass is 383 g/mol. The van der Waals surface area contributed by atoms with Gasteiger partial charge in [-0.1, -0.05) is 53.8 Å². The van der Waals surface area contributed by atoms with Crippen LogP contribution in [0.25, 0.3) is 10.2 Å². The van der Waals surface area contributed by atoms with Crippen molar-refractivity contribution < 1.29 is 9.53 Å². The van der Waals surface area contributed by atoms with E-state index in [2.05, 4.69) is 27.8 Å². The fraction of sp³-hybridized carbons (Fsp3) is 0.333. The third-order valence-corrected chi connectivity index (χ3v) is 5.25. The maximum Gasteiger partial charge on any atom is 0.242 e. The molecule has 0 aliphatic rings. The maximum atomic E-state index is 12.2. The molecule has 2 N–H and O–H groups in total. The lowest BCUT2D eigenvalue weighted by atomic mass is 10.1. The first-order valence-corrected chi connectivity index (χ1v) is 10.0. The Kier molecular flexibility index (Phi) is 6.79. The lowest BCUT2D eigenvalue weighted by Crippen LogP contribution is -2.38. The molecule has 2 atom stereocenters. The molecule has 2 aromatic carbocycles. The number of fused-ring (bicyclic) bond motifs is 1. The normalized spacial score (nSPS) is 13.3. The number of hydrogen-bond acceptors (Lipinski definition) is 5. The van der Waals surface area contributed by atoms with E-state index in [1.165, 1.54) is 0 Å². The molecular weight excluding hydrogens is 358 g/mol. The minimum Gasteiger partial charge on any atom is -0.374 e. The summed E-state index contributed by atoms with van der Waals surface area (Å²) < 4.78 is 6.93. The van der Waals surface area contributed by atoms with E-state index < -0.39 is 0 Å². The largest absolute Gasteiger partial charge is 0.374 e. The lowest BCUT2D eigenvalue weighted by molar-refractivity contribution is -0.121. The molecule has 3 rings (SSSR count). The van der Waals surface area contributed by atoms with Gasteiger partial charge in [-0.25, -0.2) is 4.98 Å². The zero-order valence-electron chi connectivity index (χ0n) is 15.6. The van der Waals surface area contributed by atoms with Gasteiger partial charge in [0.25, 0.3) is 0 Å². The molecule has 0 spiro atoms. The molecule has 6 heteroatoms. The molecule has 3 aromatic rings. The number of carbonyl (C=O) groups excluding carboxylic acids is 1. The first-order chi connectivity index (χ1) is 13.1. The molecule has 1 amide bonds. The molecule has 1 aromatic heterocycles. The summed E-state index contributed by atoms with van der Waals surface area (Å²) >= 11 is 1.55. The summed E-state index contributed by atoms with van der Waals surface area (Å²) in [6.45, 7) is 5.08. The van der Waals surface area contributed by atoms with E-state index in [0.717, 1.165) is 27.3 Å². The molecule has 27 heavy (non-hydrogen) atoms. The van der Waals surface area contributed by atoms with Gasteiger partial charge in [0.15, 0.2) is 5.13 Å². The van der Waals surface area contributed by atoms with Gasteiger partial charge in [0.1, 0.15) is 6.04 Å². The number of nitrogens with zero attached hydrogens (tertiary/aromatic N) is 1. The van der Waals surface area contributed by atoms with Gasteiger partial charge in [-0.3, -0.25) is 4.79 Å². The number of rotatable bonds is 9. The third-order valence-electron chi connectivity index (χ3n) is 4.28. The molecule has 0 saturated heterocycles. The average molecular weight is 384 g/mol. The Balaban J connectivity index is 1.36. The summed E-state index contributed by atoms with van der Waals surface area (Å²) in [6, 6.07) is 17.7. The van der Waals surface area contributed by atoms with Crippen LogP contribution in [0.4, 0.5) is 5.13 Å². The SMILES string of the molecule is CC(Nc1nc2ccccc2s1)C(=O)NCCCOC(C)c1ccccc1.